The lowest BCUT2D eigenvalue weighted by Gasteiger charge is -2.26. The summed E-state index contributed by atoms with van der Waals surface area (Å²) < 4.78 is 5.65. The maximum absolute atomic E-state index is 12.7. The predicted octanol–water partition coefficient (Wildman–Crippen LogP) is 4.06. The zero-order valence-corrected chi connectivity index (χ0v) is 18.8. The van der Waals surface area contributed by atoms with E-state index in [4.69, 9.17) is 9.84 Å². The molecule has 2 aliphatic carbocycles. The fourth-order valence-electron chi connectivity index (χ4n) is 4.97. The van der Waals surface area contributed by atoms with Crippen LogP contribution in [0.5, 0.6) is 0 Å². The van der Waals surface area contributed by atoms with E-state index in [9.17, 15) is 14.4 Å². The molecule has 1 fully saturated rings. The fraction of sp³-hybridized carbons (Fsp3) is 0.423. The predicted molar refractivity (Wildman–Crippen MR) is 124 cm³/mol. The van der Waals surface area contributed by atoms with E-state index in [1.807, 2.05) is 24.3 Å². The van der Waals surface area contributed by atoms with Gasteiger partial charge in [0.2, 0.25) is 5.91 Å². The maximum Gasteiger partial charge on any atom is 0.407 e. The highest BCUT2D eigenvalue weighted by Crippen LogP contribution is 2.44. The molecule has 2 aromatic rings. The number of fused-ring (bicyclic) bond motifs is 3. The van der Waals surface area contributed by atoms with Crippen LogP contribution in [0.4, 0.5) is 4.79 Å². The highest BCUT2D eigenvalue weighted by Gasteiger charge is 2.33. The van der Waals surface area contributed by atoms with Crippen LogP contribution in [0.3, 0.4) is 0 Å². The van der Waals surface area contributed by atoms with E-state index in [1.165, 1.54) is 6.92 Å². The number of nitrogens with one attached hydrogen (secondary N) is 2. The topological polar surface area (TPSA) is 105 Å². The first-order chi connectivity index (χ1) is 16.0. The largest absolute Gasteiger partial charge is 0.480 e. The smallest absolute Gasteiger partial charge is 0.407 e. The third kappa shape index (κ3) is 5.02. The molecule has 174 valence electrons. The lowest BCUT2D eigenvalue weighted by molar-refractivity contribution is -0.142. The molecule has 2 unspecified atom stereocenters. The van der Waals surface area contributed by atoms with Crippen LogP contribution in [0.25, 0.3) is 11.1 Å². The van der Waals surface area contributed by atoms with Crippen LogP contribution >= 0.6 is 0 Å². The molecule has 2 aromatic carbocycles. The highest BCUT2D eigenvalue weighted by atomic mass is 16.5. The Bertz CT molecular complexity index is 991. The molecule has 0 aromatic heterocycles. The Morgan fingerprint density at radius 1 is 0.970 bits per heavy atom. The van der Waals surface area contributed by atoms with Crippen molar-refractivity contribution in [2.45, 2.75) is 57.0 Å². The van der Waals surface area contributed by atoms with Gasteiger partial charge in [-0.05, 0) is 42.0 Å². The molecule has 0 spiro atoms. The molecule has 0 saturated heterocycles. The molecule has 0 aliphatic heterocycles. The van der Waals surface area contributed by atoms with Crippen LogP contribution in [0.15, 0.2) is 48.5 Å². The van der Waals surface area contributed by atoms with Gasteiger partial charge in [0, 0.05) is 12.0 Å². The first-order valence-electron chi connectivity index (χ1n) is 11.6. The number of carboxylic acid groups (broad SMARTS) is 1. The van der Waals surface area contributed by atoms with Crippen LogP contribution in [0, 0.1) is 5.92 Å². The molecule has 2 amide bonds. The van der Waals surface area contributed by atoms with Crippen molar-refractivity contribution in [2.75, 3.05) is 6.61 Å². The monoisotopic (exact) mass is 450 g/mol. The number of benzene rings is 2. The van der Waals surface area contributed by atoms with Gasteiger partial charge in [-0.2, -0.15) is 0 Å². The first-order valence-corrected chi connectivity index (χ1v) is 11.6. The molecule has 7 nitrogen and oxygen atoms in total. The van der Waals surface area contributed by atoms with Crippen LogP contribution in [-0.2, 0) is 14.3 Å². The average Bonchev–Trinajstić information content (AvgIpc) is 2.94. The molecule has 33 heavy (non-hydrogen) atoms. The van der Waals surface area contributed by atoms with Gasteiger partial charge in [-0.15, -0.1) is 0 Å². The van der Waals surface area contributed by atoms with Crippen molar-refractivity contribution >= 4 is 18.0 Å². The number of carbonyl (C=O) groups is 3. The Hall–Kier alpha value is -3.35. The van der Waals surface area contributed by atoms with E-state index in [0.29, 0.717) is 12.8 Å². The summed E-state index contributed by atoms with van der Waals surface area (Å²) in [7, 11) is 0. The minimum absolute atomic E-state index is 0.0344. The Balaban J connectivity index is 1.41. The zero-order valence-electron chi connectivity index (χ0n) is 18.8. The lowest BCUT2D eigenvalue weighted by atomic mass is 9.93. The molecular formula is C26H30N2O5. The highest BCUT2D eigenvalue weighted by molar-refractivity contribution is 5.85. The molecule has 1 saturated carbocycles. The van der Waals surface area contributed by atoms with Gasteiger partial charge in [0.25, 0.3) is 0 Å². The van der Waals surface area contributed by atoms with Crippen molar-refractivity contribution in [1.82, 2.24) is 10.6 Å². The maximum atomic E-state index is 12.7. The second kappa shape index (κ2) is 10.1. The van der Waals surface area contributed by atoms with E-state index in [0.717, 1.165) is 41.5 Å². The number of aliphatic carboxylic acids is 1. The summed E-state index contributed by atoms with van der Waals surface area (Å²) in [5.41, 5.74) is 4.60. The summed E-state index contributed by atoms with van der Waals surface area (Å²) in [4.78, 5) is 36.6. The second-order valence-corrected chi connectivity index (χ2v) is 8.89. The van der Waals surface area contributed by atoms with Crippen LogP contribution in [0.2, 0.25) is 0 Å². The zero-order chi connectivity index (χ0) is 23.4. The number of hydrogen-bond donors (Lipinski definition) is 3. The molecule has 0 bridgehead atoms. The first kappa shape index (κ1) is 22.8. The van der Waals surface area contributed by atoms with Gasteiger partial charge in [0.1, 0.15) is 12.6 Å². The van der Waals surface area contributed by atoms with Crippen molar-refractivity contribution in [3.63, 3.8) is 0 Å². The van der Waals surface area contributed by atoms with Gasteiger partial charge in [-0.1, -0.05) is 67.8 Å². The number of amides is 2. The number of alkyl carbamates (subject to hydrolysis) is 1. The van der Waals surface area contributed by atoms with Crippen LogP contribution in [0.1, 0.15) is 56.1 Å². The van der Waals surface area contributed by atoms with Crippen molar-refractivity contribution in [3.05, 3.63) is 59.7 Å². The number of hydrogen-bond acceptors (Lipinski definition) is 4. The summed E-state index contributed by atoms with van der Waals surface area (Å²) in [5.74, 6) is -1.93. The van der Waals surface area contributed by atoms with E-state index in [1.54, 1.807) is 0 Å². The van der Waals surface area contributed by atoms with E-state index in [-0.39, 0.29) is 24.5 Å². The van der Waals surface area contributed by atoms with Crippen molar-refractivity contribution in [2.24, 2.45) is 5.92 Å². The van der Waals surface area contributed by atoms with Gasteiger partial charge in [0.15, 0.2) is 0 Å². The number of carbonyl (C=O) groups excluding carboxylic acids is 2. The molecule has 3 N–H and O–H groups in total. The minimum Gasteiger partial charge on any atom is -0.480 e. The van der Waals surface area contributed by atoms with Gasteiger partial charge in [-0.25, -0.2) is 4.79 Å². The summed E-state index contributed by atoms with van der Waals surface area (Å²) in [6, 6.07) is 14.9. The Morgan fingerprint density at radius 2 is 1.58 bits per heavy atom. The molecule has 2 aliphatic rings. The van der Waals surface area contributed by atoms with E-state index in [2.05, 4.69) is 34.9 Å². The fourth-order valence-corrected chi connectivity index (χ4v) is 4.97. The van der Waals surface area contributed by atoms with Crippen molar-refractivity contribution in [1.29, 1.82) is 0 Å². The van der Waals surface area contributed by atoms with Crippen molar-refractivity contribution < 1.29 is 24.2 Å². The molecular weight excluding hydrogens is 420 g/mol. The standard InChI is InChI=1S/C26H30N2O5/c1-16(25(30)31)27-24(29)21-13-3-2-4-14-23(21)28-26(32)33-15-22-19-11-7-5-9-17(19)18-10-6-8-12-20(18)22/h5-12,16,21-23H,2-4,13-15H2,1H3,(H,27,29)(H,28,32)(H,30,31)/t16-,21?,23?/m0/s1. The molecule has 0 heterocycles. The lowest BCUT2D eigenvalue weighted by Crippen LogP contribution is -2.49. The summed E-state index contributed by atoms with van der Waals surface area (Å²) in [6.45, 7) is 1.64. The summed E-state index contributed by atoms with van der Waals surface area (Å²) in [5, 5.41) is 14.5. The molecule has 3 atom stereocenters. The summed E-state index contributed by atoms with van der Waals surface area (Å²) >= 11 is 0. The third-order valence-electron chi connectivity index (χ3n) is 6.73. The second-order valence-electron chi connectivity index (χ2n) is 8.89. The van der Waals surface area contributed by atoms with Crippen LogP contribution < -0.4 is 10.6 Å². The Labute approximate surface area is 193 Å². The van der Waals surface area contributed by atoms with Gasteiger partial charge in [-0.3, -0.25) is 9.59 Å². The minimum atomic E-state index is -1.09. The normalized spacial score (nSPS) is 20.6. The summed E-state index contributed by atoms with van der Waals surface area (Å²) in [6.07, 6.45) is 3.44. The number of ether oxygens (including phenoxy) is 1. The Morgan fingerprint density at radius 3 is 2.21 bits per heavy atom. The molecule has 4 rings (SSSR count). The van der Waals surface area contributed by atoms with Gasteiger partial charge >= 0.3 is 12.1 Å². The molecule has 7 heteroatoms. The van der Waals surface area contributed by atoms with Crippen molar-refractivity contribution in [3.8, 4) is 11.1 Å². The number of carboxylic acids is 1. The average molecular weight is 451 g/mol. The Kier molecular flexibility index (Phi) is 6.96. The quantitative estimate of drug-likeness (QED) is 0.576. The van der Waals surface area contributed by atoms with Gasteiger partial charge < -0.3 is 20.5 Å². The van der Waals surface area contributed by atoms with Crippen LogP contribution in [-0.4, -0.2) is 41.8 Å². The van der Waals surface area contributed by atoms with E-state index >= 15 is 0 Å². The van der Waals surface area contributed by atoms with E-state index < -0.39 is 24.0 Å². The number of rotatable bonds is 6. The SMILES string of the molecule is C[C@H](NC(=O)C1CCCCCC1NC(=O)OCC1c2ccccc2-c2ccccc21)C(=O)O. The molecule has 0 radical (unpaired) electrons. The van der Waals surface area contributed by atoms with Gasteiger partial charge in [0.05, 0.1) is 5.92 Å². The third-order valence-corrected chi connectivity index (χ3v) is 6.73.